The van der Waals surface area contributed by atoms with Crippen LogP contribution in [0.5, 0.6) is 0 Å². The second-order valence-electron chi connectivity index (χ2n) is 6.07. The highest BCUT2D eigenvalue weighted by molar-refractivity contribution is 5.90. The number of carbonyl (C=O) groups excluding carboxylic acids is 1. The van der Waals surface area contributed by atoms with E-state index in [-0.39, 0.29) is 5.97 Å². The molecule has 6 heteroatoms. The molecule has 6 nitrogen and oxygen atoms in total. The van der Waals surface area contributed by atoms with E-state index in [1.54, 1.807) is 18.2 Å². The van der Waals surface area contributed by atoms with Gasteiger partial charge in [-0.05, 0) is 42.7 Å². The molecule has 0 aliphatic rings. The van der Waals surface area contributed by atoms with E-state index in [9.17, 15) is 4.79 Å². The molecule has 1 heterocycles. The summed E-state index contributed by atoms with van der Waals surface area (Å²) in [5.74, 6) is 0.942. The number of methoxy groups -OCH3 is 1. The number of hydrogen-bond donors (Lipinski definition) is 2. The van der Waals surface area contributed by atoms with Crippen molar-refractivity contribution < 1.29 is 9.53 Å². The number of carbonyl (C=O) groups is 1. The average molecular weight is 362 g/mol. The molecule has 0 atom stereocenters. The number of esters is 1. The van der Waals surface area contributed by atoms with Crippen molar-refractivity contribution in [1.29, 1.82) is 0 Å². The molecule has 0 aliphatic heterocycles. The van der Waals surface area contributed by atoms with Crippen LogP contribution < -0.4 is 10.6 Å². The summed E-state index contributed by atoms with van der Waals surface area (Å²) in [6.45, 7) is 4.20. The maximum Gasteiger partial charge on any atom is 0.337 e. The fourth-order valence-electron chi connectivity index (χ4n) is 2.81. The summed E-state index contributed by atoms with van der Waals surface area (Å²) in [5, 5.41) is 6.59. The maximum atomic E-state index is 11.7. The van der Waals surface area contributed by atoms with Crippen molar-refractivity contribution >= 4 is 29.0 Å². The molecule has 0 aliphatic carbocycles. The molecular weight excluding hydrogens is 340 g/mol. The van der Waals surface area contributed by atoms with Crippen LogP contribution in [0.25, 0.3) is 0 Å². The molecule has 3 aromatic rings. The van der Waals surface area contributed by atoms with E-state index in [4.69, 9.17) is 4.74 Å². The zero-order valence-electron chi connectivity index (χ0n) is 15.6. The van der Waals surface area contributed by atoms with Gasteiger partial charge in [0.05, 0.1) is 12.7 Å². The van der Waals surface area contributed by atoms with Gasteiger partial charge in [0.1, 0.15) is 18.0 Å². The molecule has 1 aromatic heterocycles. The minimum Gasteiger partial charge on any atom is -0.465 e. The first-order valence-electron chi connectivity index (χ1n) is 8.73. The standard InChI is InChI=1S/C21H22N4O2/c1-4-15-8-5-7-14(2)20(15)25-19-12-18(22-13-23-19)24-17-10-6-9-16(11-17)21(26)27-3/h5-13H,4H2,1-3H3,(H2,22,23,24,25). The molecule has 0 unspecified atom stereocenters. The lowest BCUT2D eigenvalue weighted by atomic mass is 10.1. The third-order valence-corrected chi connectivity index (χ3v) is 4.22. The molecule has 0 amide bonds. The van der Waals surface area contributed by atoms with Gasteiger partial charge in [0.2, 0.25) is 0 Å². The highest BCUT2D eigenvalue weighted by atomic mass is 16.5. The van der Waals surface area contributed by atoms with Gasteiger partial charge in [-0.3, -0.25) is 0 Å². The minimum absolute atomic E-state index is 0.379. The Morgan fingerprint density at radius 1 is 1.04 bits per heavy atom. The van der Waals surface area contributed by atoms with Crippen molar-refractivity contribution in [3.05, 3.63) is 71.5 Å². The van der Waals surface area contributed by atoms with Crippen LogP contribution in [0.15, 0.2) is 54.9 Å². The van der Waals surface area contributed by atoms with Crippen molar-refractivity contribution in [3.8, 4) is 0 Å². The summed E-state index contributed by atoms with van der Waals surface area (Å²) in [4.78, 5) is 20.3. The number of ether oxygens (including phenoxy) is 1. The van der Waals surface area contributed by atoms with Crippen molar-refractivity contribution in [1.82, 2.24) is 9.97 Å². The summed E-state index contributed by atoms with van der Waals surface area (Å²) in [6, 6.07) is 15.1. The number of benzene rings is 2. The smallest absolute Gasteiger partial charge is 0.337 e. The number of aromatic nitrogens is 2. The zero-order valence-corrected chi connectivity index (χ0v) is 15.6. The Kier molecular flexibility index (Phi) is 5.66. The van der Waals surface area contributed by atoms with Crippen molar-refractivity contribution in [2.75, 3.05) is 17.7 Å². The second-order valence-corrected chi connectivity index (χ2v) is 6.07. The lowest BCUT2D eigenvalue weighted by molar-refractivity contribution is 0.0601. The van der Waals surface area contributed by atoms with Gasteiger partial charge in [-0.1, -0.05) is 31.2 Å². The van der Waals surface area contributed by atoms with Gasteiger partial charge < -0.3 is 15.4 Å². The van der Waals surface area contributed by atoms with Crippen molar-refractivity contribution in [2.24, 2.45) is 0 Å². The molecular formula is C21H22N4O2. The normalized spacial score (nSPS) is 10.3. The molecule has 0 fully saturated rings. The van der Waals surface area contributed by atoms with Gasteiger partial charge in [0, 0.05) is 17.4 Å². The van der Waals surface area contributed by atoms with Crippen molar-refractivity contribution in [2.45, 2.75) is 20.3 Å². The SMILES string of the molecule is CCc1cccc(C)c1Nc1cc(Nc2cccc(C(=O)OC)c2)ncn1. The first-order chi connectivity index (χ1) is 13.1. The average Bonchev–Trinajstić information content (AvgIpc) is 2.69. The Balaban J connectivity index is 1.82. The zero-order chi connectivity index (χ0) is 19.2. The van der Waals surface area contributed by atoms with E-state index >= 15 is 0 Å². The van der Waals surface area contributed by atoms with Crippen molar-refractivity contribution in [3.63, 3.8) is 0 Å². The molecule has 0 saturated heterocycles. The highest BCUT2D eigenvalue weighted by Gasteiger charge is 2.08. The highest BCUT2D eigenvalue weighted by Crippen LogP contribution is 2.26. The molecule has 138 valence electrons. The van der Waals surface area contributed by atoms with Crippen LogP contribution in [0.3, 0.4) is 0 Å². The lowest BCUT2D eigenvalue weighted by Gasteiger charge is -2.14. The Labute approximate surface area is 158 Å². The third kappa shape index (κ3) is 4.41. The Morgan fingerprint density at radius 3 is 2.52 bits per heavy atom. The van der Waals surface area contributed by atoms with Crippen LogP contribution in [0.1, 0.15) is 28.4 Å². The van der Waals surface area contributed by atoms with E-state index in [2.05, 4.69) is 52.6 Å². The Bertz CT molecular complexity index is 956. The van der Waals surface area contributed by atoms with Crippen LogP contribution in [0.2, 0.25) is 0 Å². The number of aryl methyl sites for hydroxylation is 2. The molecule has 3 rings (SSSR count). The molecule has 27 heavy (non-hydrogen) atoms. The summed E-state index contributed by atoms with van der Waals surface area (Å²) >= 11 is 0. The number of rotatable bonds is 6. The van der Waals surface area contributed by atoms with Gasteiger partial charge in [0.25, 0.3) is 0 Å². The van der Waals surface area contributed by atoms with Gasteiger partial charge in [-0.15, -0.1) is 0 Å². The van der Waals surface area contributed by atoms with E-state index in [0.29, 0.717) is 17.2 Å². The molecule has 0 bridgehead atoms. The number of hydrogen-bond acceptors (Lipinski definition) is 6. The van der Waals surface area contributed by atoms with Crippen LogP contribution in [-0.4, -0.2) is 23.0 Å². The van der Waals surface area contributed by atoms with E-state index in [0.717, 1.165) is 23.4 Å². The summed E-state index contributed by atoms with van der Waals surface area (Å²) in [6.07, 6.45) is 2.43. The number of nitrogens with zero attached hydrogens (tertiary/aromatic N) is 2. The second kappa shape index (κ2) is 8.31. The monoisotopic (exact) mass is 362 g/mol. The first kappa shape index (κ1) is 18.4. The van der Waals surface area contributed by atoms with Crippen LogP contribution >= 0.6 is 0 Å². The molecule has 0 saturated carbocycles. The number of para-hydroxylation sites is 1. The predicted molar refractivity (Wildman–Crippen MR) is 107 cm³/mol. The predicted octanol–water partition coefficient (Wildman–Crippen LogP) is 4.62. The fraction of sp³-hybridized carbons (Fsp3) is 0.190. The van der Waals surface area contributed by atoms with Gasteiger partial charge >= 0.3 is 5.97 Å². The lowest BCUT2D eigenvalue weighted by Crippen LogP contribution is -2.03. The molecule has 0 radical (unpaired) electrons. The Morgan fingerprint density at radius 2 is 1.78 bits per heavy atom. The van der Waals surface area contributed by atoms with E-state index < -0.39 is 0 Å². The first-order valence-corrected chi connectivity index (χ1v) is 8.73. The summed E-state index contributed by atoms with van der Waals surface area (Å²) < 4.78 is 4.76. The van der Waals surface area contributed by atoms with Gasteiger partial charge in [-0.2, -0.15) is 0 Å². The largest absolute Gasteiger partial charge is 0.465 e. The van der Waals surface area contributed by atoms with Crippen LogP contribution in [-0.2, 0) is 11.2 Å². The third-order valence-electron chi connectivity index (χ3n) is 4.22. The Hall–Kier alpha value is -3.41. The minimum atomic E-state index is -0.379. The molecule has 0 spiro atoms. The van der Waals surface area contributed by atoms with Crippen LogP contribution in [0.4, 0.5) is 23.0 Å². The van der Waals surface area contributed by atoms with E-state index in [1.165, 1.54) is 19.0 Å². The van der Waals surface area contributed by atoms with E-state index in [1.807, 2.05) is 12.1 Å². The topological polar surface area (TPSA) is 76.1 Å². The van der Waals surface area contributed by atoms with Gasteiger partial charge in [0.15, 0.2) is 0 Å². The fourth-order valence-corrected chi connectivity index (χ4v) is 2.81. The number of nitrogens with one attached hydrogen (secondary N) is 2. The van der Waals surface area contributed by atoms with Crippen LogP contribution in [0, 0.1) is 6.92 Å². The molecule has 2 N–H and O–H groups in total. The summed E-state index contributed by atoms with van der Waals surface area (Å²) in [7, 11) is 1.36. The number of anilines is 4. The quantitative estimate of drug-likeness (QED) is 0.623. The summed E-state index contributed by atoms with van der Waals surface area (Å²) in [5.41, 5.74) is 4.68. The maximum absolute atomic E-state index is 11.7. The molecule has 2 aromatic carbocycles. The van der Waals surface area contributed by atoms with Gasteiger partial charge in [-0.25, -0.2) is 14.8 Å².